The van der Waals surface area contributed by atoms with E-state index < -0.39 is 0 Å². The molecule has 2 aromatic heterocycles. The molecule has 3 rings (SSSR count). The molecule has 0 amide bonds. The molecular weight excluding hydrogens is 392 g/mol. The van der Waals surface area contributed by atoms with Gasteiger partial charge in [-0.1, -0.05) is 30.1 Å². The Labute approximate surface area is 173 Å². The van der Waals surface area contributed by atoms with Gasteiger partial charge in [0.2, 0.25) is 22.2 Å². The number of anilines is 1. The first-order valence-corrected chi connectivity index (χ1v) is 11.1. The highest BCUT2D eigenvalue weighted by Crippen LogP contribution is 2.32. The highest BCUT2D eigenvalue weighted by molar-refractivity contribution is 7.98. The van der Waals surface area contributed by atoms with E-state index in [1.165, 1.54) is 23.5 Å². The molecule has 0 fully saturated rings. The van der Waals surface area contributed by atoms with Crippen molar-refractivity contribution < 1.29 is 0 Å². The van der Waals surface area contributed by atoms with Crippen LogP contribution in [0.5, 0.6) is 0 Å². The van der Waals surface area contributed by atoms with Gasteiger partial charge in [-0.3, -0.25) is 4.90 Å². The Kier molecular flexibility index (Phi) is 6.09. The number of allylic oxidation sites excluding steroid dienone is 4. The average molecular weight is 417 g/mol. The Balaban J connectivity index is 2.02. The molecule has 2 aromatic rings. The van der Waals surface area contributed by atoms with Crippen LogP contribution in [0.2, 0.25) is 0 Å². The van der Waals surface area contributed by atoms with Gasteiger partial charge in [0.15, 0.2) is 0 Å². The molecule has 0 aromatic carbocycles. The van der Waals surface area contributed by atoms with Crippen LogP contribution in [0.1, 0.15) is 20.3 Å². The van der Waals surface area contributed by atoms with Gasteiger partial charge in [-0.05, 0) is 44.1 Å². The smallest absolute Gasteiger partial charge is 0.248 e. The number of aromatic nitrogens is 6. The third kappa shape index (κ3) is 4.22. The Hall–Kier alpha value is -2.33. The van der Waals surface area contributed by atoms with Gasteiger partial charge < -0.3 is 0 Å². The third-order valence-electron chi connectivity index (χ3n) is 4.12. The molecule has 10 heteroatoms. The second-order valence-corrected chi connectivity index (χ2v) is 7.94. The van der Waals surface area contributed by atoms with Crippen LogP contribution in [0.4, 0.5) is 11.9 Å². The molecular formula is C18H24N8S2. The summed E-state index contributed by atoms with van der Waals surface area (Å²) in [5, 5.41) is 10.2. The van der Waals surface area contributed by atoms with Gasteiger partial charge in [-0.2, -0.15) is 9.97 Å². The van der Waals surface area contributed by atoms with Crippen molar-refractivity contribution in [2.75, 3.05) is 17.4 Å². The molecule has 1 aliphatic heterocycles. The van der Waals surface area contributed by atoms with Crippen LogP contribution < -0.4 is 4.90 Å². The monoisotopic (exact) mass is 416 g/mol. The maximum absolute atomic E-state index is 4.66. The zero-order valence-corrected chi connectivity index (χ0v) is 18.6. The summed E-state index contributed by atoms with van der Waals surface area (Å²) in [6, 6.07) is 0. The summed E-state index contributed by atoms with van der Waals surface area (Å²) in [6.45, 7) is 8.15. The van der Waals surface area contributed by atoms with Gasteiger partial charge in [0.05, 0.1) is 0 Å². The molecule has 8 nitrogen and oxygen atoms in total. The summed E-state index contributed by atoms with van der Waals surface area (Å²) in [7, 11) is 3.75. The fourth-order valence-corrected chi connectivity index (χ4v) is 3.71. The quantitative estimate of drug-likeness (QED) is 0.543. The number of rotatable bonds is 5. The second kappa shape index (κ2) is 8.36. The molecule has 0 spiro atoms. The SMILES string of the molecule is C=C1C=C(C)N(c2nc(SC)nn2C)/C(=C\C(C)=N\c2nc(SC)nn2C)C1. The molecule has 0 saturated carbocycles. The first-order valence-electron chi connectivity index (χ1n) is 8.64. The van der Waals surface area contributed by atoms with E-state index in [1.807, 2.05) is 46.5 Å². The zero-order valence-electron chi connectivity index (χ0n) is 17.0. The van der Waals surface area contributed by atoms with Crippen LogP contribution in [0.25, 0.3) is 0 Å². The number of hydrogen-bond acceptors (Lipinski definition) is 8. The van der Waals surface area contributed by atoms with Crippen LogP contribution >= 0.6 is 23.5 Å². The Morgan fingerprint density at radius 1 is 1.14 bits per heavy atom. The summed E-state index contributed by atoms with van der Waals surface area (Å²) in [4.78, 5) is 15.8. The van der Waals surface area contributed by atoms with Crippen molar-refractivity contribution >= 4 is 41.1 Å². The minimum Gasteiger partial charge on any atom is -0.287 e. The van der Waals surface area contributed by atoms with Gasteiger partial charge in [0.1, 0.15) is 0 Å². The van der Waals surface area contributed by atoms with Crippen molar-refractivity contribution in [1.29, 1.82) is 0 Å². The predicted molar refractivity (Wildman–Crippen MR) is 116 cm³/mol. The maximum Gasteiger partial charge on any atom is 0.248 e. The van der Waals surface area contributed by atoms with E-state index in [1.54, 1.807) is 9.36 Å². The first-order chi connectivity index (χ1) is 13.3. The highest BCUT2D eigenvalue weighted by Gasteiger charge is 2.24. The van der Waals surface area contributed by atoms with E-state index in [4.69, 9.17) is 0 Å². The summed E-state index contributed by atoms with van der Waals surface area (Å²) >= 11 is 3.02. The predicted octanol–water partition coefficient (Wildman–Crippen LogP) is 3.73. The minimum atomic E-state index is 0.579. The first kappa shape index (κ1) is 20.4. The molecule has 0 atom stereocenters. The van der Waals surface area contributed by atoms with Crippen molar-refractivity contribution in [1.82, 2.24) is 29.5 Å². The summed E-state index contributed by atoms with van der Waals surface area (Å²) in [6.07, 6.45) is 8.74. The largest absolute Gasteiger partial charge is 0.287 e. The molecule has 0 aliphatic carbocycles. The lowest BCUT2D eigenvalue weighted by atomic mass is 10.0. The van der Waals surface area contributed by atoms with E-state index in [9.17, 15) is 0 Å². The second-order valence-electron chi connectivity index (χ2n) is 6.39. The number of aryl methyl sites for hydroxylation is 2. The molecule has 0 bridgehead atoms. The fraction of sp³-hybridized carbons (Fsp3) is 0.389. The summed E-state index contributed by atoms with van der Waals surface area (Å²) in [5.74, 6) is 1.35. The Morgan fingerprint density at radius 3 is 2.39 bits per heavy atom. The van der Waals surface area contributed by atoms with E-state index in [0.717, 1.165) is 33.8 Å². The molecule has 3 heterocycles. The molecule has 0 radical (unpaired) electrons. The number of hydrogen-bond donors (Lipinski definition) is 0. The third-order valence-corrected chi connectivity index (χ3v) is 5.20. The van der Waals surface area contributed by atoms with Gasteiger partial charge in [0.25, 0.3) is 0 Å². The van der Waals surface area contributed by atoms with Crippen molar-refractivity contribution in [2.45, 2.75) is 30.6 Å². The number of nitrogens with zero attached hydrogens (tertiary/aromatic N) is 8. The number of aliphatic imine (C=N–C) groups is 1. The molecule has 0 saturated heterocycles. The van der Waals surface area contributed by atoms with Crippen molar-refractivity contribution in [2.24, 2.45) is 19.1 Å². The lowest BCUT2D eigenvalue weighted by Crippen LogP contribution is -2.27. The number of thioether (sulfide) groups is 2. The minimum absolute atomic E-state index is 0.579. The summed E-state index contributed by atoms with van der Waals surface area (Å²) < 4.78 is 3.48. The van der Waals surface area contributed by atoms with E-state index in [2.05, 4.69) is 42.7 Å². The molecule has 0 unspecified atom stereocenters. The molecule has 0 N–H and O–H groups in total. The molecule has 148 valence electrons. The van der Waals surface area contributed by atoms with Crippen molar-refractivity contribution in [3.63, 3.8) is 0 Å². The van der Waals surface area contributed by atoms with Crippen LogP contribution in [0, 0.1) is 0 Å². The van der Waals surface area contributed by atoms with Gasteiger partial charge >= 0.3 is 0 Å². The van der Waals surface area contributed by atoms with Crippen molar-refractivity contribution in [3.05, 3.63) is 35.7 Å². The topological polar surface area (TPSA) is 77.0 Å². The zero-order chi connectivity index (χ0) is 20.4. The Bertz CT molecular complexity index is 995. The van der Waals surface area contributed by atoms with E-state index >= 15 is 0 Å². The fourth-order valence-electron chi connectivity index (χ4n) is 2.95. The van der Waals surface area contributed by atoms with Crippen LogP contribution in [0.3, 0.4) is 0 Å². The van der Waals surface area contributed by atoms with Gasteiger partial charge in [0, 0.05) is 37.6 Å². The van der Waals surface area contributed by atoms with E-state index in [-0.39, 0.29) is 0 Å². The lowest BCUT2D eigenvalue weighted by molar-refractivity contribution is 0.724. The molecule has 1 aliphatic rings. The normalized spacial score (nSPS) is 16.9. The van der Waals surface area contributed by atoms with Crippen molar-refractivity contribution in [3.8, 4) is 0 Å². The van der Waals surface area contributed by atoms with Crippen LogP contribution in [0.15, 0.2) is 51.0 Å². The maximum atomic E-state index is 4.66. The summed E-state index contributed by atoms with van der Waals surface area (Å²) in [5.41, 5.74) is 3.96. The highest BCUT2D eigenvalue weighted by atomic mass is 32.2. The van der Waals surface area contributed by atoms with Crippen LogP contribution in [-0.2, 0) is 14.1 Å². The van der Waals surface area contributed by atoms with E-state index in [0.29, 0.717) is 17.5 Å². The standard InChI is InChI=1S/C18H24N8S2/c1-11-8-13(3)26(18-21-17(28-7)23-25(18)5)14(9-11)10-12(2)19-15-20-16(27-6)22-24(15)4/h8,10H,1,9H2,2-7H3/b14-10-,19-12+. The Morgan fingerprint density at radius 2 is 1.79 bits per heavy atom. The average Bonchev–Trinajstić information content (AvgIpc) is 3.17. The van der Waals surface area contributed by atoms with Crippen LogP contribution in [-0.4, -0.2) is 47.8 Å². The van der Waals surface area contributed by atoms with Gasteiger partial charge in [-0.25, -0.2) is 14.4 Å². The molecule has 28 heavy (non-hydrogen) atoms. The van der Waals surface area contributed by atoms with Gasteiger partial charge in [-0.15, -0.1) is 10.2 Å². The lowest BCUT2D eigenvalue weighted by Gasteiger charge is -2.30.